The Balaban J connectivity index is 1.80. The molecule has 0 aliphatic carbocycles. The molecule has 0 radical (unpaired) electrons. The molecule has 122 valence electrons. The lowest BCUT2D eigenvalue weighted by Crippen LogP contribution is -2.38. The second-order valence-electron chi connectivity index (χ2n) is 5.76. The van der Waals surface area contributed by atoms with Gasteiger partial charge in [-0.1, -0.05) is 42.5 Å². The van der Waals surface area contributed by atoms with Crippen LogP contribution in [0.3, 0.4) is 0 Å². The van der Waals surface area contributed by atoms with Gasteiger partial charge in [0, 0.05) is 6.42 Å². The molecular weight excluding hydrogens is 290 g/mol. The van der Waals surface area contributed by atoms with E-state index in [0.717, 1.165) is 16.9 Å². The summed E-state index contributed by atoms with van der Waals surface area (Å²) in [5.74, 6) is 0.731. The molecule has 4 nitrogen and oxygen atoms in total. The number of nitrogens with one attached hydrogen (secondary N) is 1. The molecule has 0 saturated carbocycles. The van der Waals surface area contributed by atoms with Gasteiger partial charge < -0.3 is 15.2 Å². The highest BCUT2D eigenvalue weighted by Gasteiger charge is 2.23. The Bertz CT molecular complexity index is 621. The molecule has 2 aromatic carbocycles. The zero-order chi connectivity index (χ0) is 16.7. The largest absolute Gasteiger partial charge is 0.497 e. The van der Waals surface area contributed by atoms with Crippen molar-refractivity contribution in [1.29, 1.82) is 0 Å². The zero-order valence-electron chi connectivity index (χ0n) is 13.6. The number of carbonyl (C=O) groups excluding carboxylic acids is 1. The van der Waals surface area contributed by atoms with Gasteiger partial charge in [-0.3, -0.25) is 4.79 Å². The van der Waals surface area contributed by atoms with Crippen LogP contribution in [0.2, 0.25) is 0 Å². The summed E-state index contributed by atoms with van der Waals surface area (Å²) >= 11 is 0. The van der Waals surface area contributed by atoms with E-state index >= 15 is 0 Å². The second kappa shape index (κ2) is 7.79. The fourth-order valence-electron chi connectivity index (χ4n) is 2.31. The first-order valence-corrected chi connectivity index (χ1v) is 7.69. The Morgan fingerprint density at radius 1 is 1.13 bits per heavy atom. The molecule has 2 N–H and O–H groups in total. The summed E-state index contributed by atoms with van der Waals surface area (Å²) in [5.41, 5.74) is 0.794. The van der Waals surface area contributed by atoms with Gasteiger partial charge in [-0.05, 0) is 36.6 Å². The van der Waals surface area contributed by atoms with E-state index in [4.69, 9.17) is 4.74 Å². The van der Waals surface area contributed by atoms with Crippen LogP contribution < -0.4 is 10.1 Å². The fourth-order valence-corrected chi connectivity index (χ4v) is 2.31. The Morgan fingerprint density at radius 3 is 2.39 bits per heavy atom. The van der Waals surface area contributed by atoms with E-state index in [0.29, 0.717) is 12.8 Å². The van der Waals surface area contributed by atoms with Crippen molar-refractivity contribution in [2.45, 2.75) is 25.4 Å². The molecule has 0 bridgehead atoms. The number of benzene rings is 2. The maximum atomic E-state index is 12.0. The molecule has 2 aromatic rings. The standard InChI is InChI=1S/C19H23NO3/c1-19(22,16-6-4-3-5-7-16)14-20-18(21)13-10-15-8-11-17(23-2)12-9-15/h3-9,11-12,22H,10,13-14H2,1-2H3,(H,20,21)/t19-/m0/s1. The highest BCUT2D eigenvalue weighted by atomic mass is 16.5. The molecule has 0 aliphatic rings. The van der Waals surface area contributed by atoms with E-state index < -0.39 is 5.60 Å². The minimum Gasteiger partial charge on any atom is -0.497 e. The van der Waals surface area contributed by atoms with Crippen molar-refractivity contribution in [2.75, 3.05) is 13.7 Å². The van der Waals surface area contributed by atoms with E-state index in [1.54, 1.807) is 14.0 Å². The van der Waals surface area contributed by atoms with Crippen LogP contribution in [0.15, 0.2) is 54.6 Å². The monoisotopic (exact) mass is 313 g/mol. The molecule has 0 fully saturated rings. The predicted molar refractivity (Wildman–Crippen MR) is 90.3 cm³/mol. The Morgan fingerprint density at radius 2 is 1.78 bits per heavy atom. The molecule has 2 rings (SSSR count). The number of hydrogen-bond acceptors (Lipinski definition) is 3. The number of aryl methyl sites for hydroxylation is 1. The van der Waals surface area contributed by atoms with E-state index in [2.05, 4.69) is 5.32 Å². The van der Waals surface area contributed by atoms with Gasteiger partial charge in [0.05, 0.1) is 13.7 Å². The molecule has 1 atom stereocenters. The Kier molecular flexibility index (Phi) is 5.77. The number of amides is 1. The molecule has 0 aromatic heterocycles. The lowest BCUT2D eigenvalue weighted by molar-refractivity contribution is -0.122. The fraction of sp³-hybridized carbons (Fsp3) is 0.316. The van der Waals surface area contributed by atoms with Gasteiger partial charge in [0.1, 0.15) is 11.4 Å². The van der Waals surface area contributed by atoms with Crippen molar-refractivity contribution in [1.82, 2.24) is 5.32 Å². The Hall–Kier alpha value is -2.33. The summed E-state index contributed by atoms with van der Waals surface area (Å²) in [6, 6.07) is 17.0. The van der Waals surface area contributed by atoms with Crippen LogP contribution in [-0.4, -0.2) is 24.7 Å². The van der Waals surface area contributed by atoms with Gasteiger partial charge in [0.15, 0.2) is 0 Å². The van der Waals surface area contributed by atoms with E-state index in [1.165, 1.54) is 0 Å². The van der Waals surface area contributed by atoms with Crippen LogP contribution in [-0.2, 0) is 16.8 Å². The smallest absolute Gasteiger partial charge is 0.220 e. The second-order valence-corrected chi connectivity index (χ2v) is 5.76. The summed E-state index contributed by atoms with van der Waals surface area (Å²) < 4.78 is 5.11. The van der Waals surface area contributed by atoms with E-state index in [9.17, 15) is 9.90 Å². The minimum absolute atomic E-state index is 0.0722. The van der Waals surface area contributed by atoms with Crippen LogP contribution in [0.5, 0.6) is 5.75 Å². The minimum atomic E-state index is -1.07. The number of rotatable bonds is 7. The third kappa shape index (κ3) is 5.11. The molecule has 0 heterocycles. The number of methoxy groups -OCH3 is 1. The third-order valence-corrected chi connectivity index (χ3v) is 3.83. The molecule has 1 amide bonds. The summed E-state index contributed by atoms with van der Waals surface area (Å²) in [7, 11) is 1.63. The maximum Gasteiger partial charge on any atom is 0.220 e. The molecular formula is C19H23NO3. The van der Waals surface area contributed by atoms with Crippen LogP contribution in [0, 0.1) is 0 Å². The highest BCUT2D eigenvalue weighted by Crippen LogP contribution is 2.19. The lowest BCUT2D eigenvalue weighted by Gasteiger charge is -2.24. The Labute approximate surface area is 137 Å². The topological polar surface area (TPSA) is 58.6 Å². The van der Waals surface area contributed by atoms with Crippen LogP contribution in [0.4, 0.5) is 0 Å². The number of ether oxygens (including phenoxy) is 1. The van der Waals surface area contributed by atoms with Crippen LogP contribution in [0.1, 0.15) is 24.5 Å². The first kappa shape index (κ1) is 17.0. The quantitative estimate of drug-likeness (QED) is 0.826. The van der Waals surface area contributed by atoms with Gasteiger partial charge >= 0.3 is 0 Å². The molecule has 0 saturated heterocycles. The molecule has 4 heteroatoms. The van der Waals surface area contributed by atoms with Gasteiger partial charge in [0.25, 0.3) is 0 Å². The maximum absolute atomic E-state index is 12.0. The van der Waals surface area contributed by atoms with E-state index in [-0.39, 0.29) is 12.5 Å². The zero-order valence-corrected chi connectivity index (χ0v) is 13.6. The predicted octanol–water partition coefficient (Wildman–Crippen LogP) is 2.65. The van der Waals surface area contributed by atoms with Gasteiger partial charge in [0.2, 0.25) is 5.91 Å². The summed E-state index contributed by atoms with van der Waals surface area (Å²) in [6.07, 6.45) is 1.04. The SMILES string of the molecule is COc1ccc(CCC(=O)NC[C@](C)(O)c2ccccc2)cc1. The van der Waals surface area contributed by atoms with Gasteiger partial charge in [-0.15, -0.1) is 0 Å². The van der Waals surface area contributed by atoms with Crippen LogP contribution >= 0.6 is 0 Å². The summed E-state index contributed by atoms with van der Waals surface area (Å²) in [5, 5.41) is 13.2. The van der Waals surface area contributed by atoms with Crippen molar-refractivity contribution in [3.8, 4) is 5.75 Å². The first-order chi connectivity index (χ1) is 11.0. The molecule has 0 spiro atoms. The molecule has 23 heavy (non-hydrogen) atoms. The van der Waals surface area contributed by atoms with Gasteiger partial charge in [-0.25, -0.2) is 0 Å². The number of hydrogen-bond donors (Lipinski definition) is 2. The summed E-state index contributed by atoms with van der Waals surface area (Å²) in [6.45, 7) is 1.89. The average molecular weight is 313 g/mol. The first-order valence-electron chi connectivity index (χ1n) is 7.69. The molecule has 0 aliphatic heterocycles. The van der Waals surface area contributed by atoms with Crippen molar-refractivity contribution >= 4 is 5.91 Å². The van der Waals surface area contributed by atoms with Crippen molar-refractivity contribution in [2.24, 2.45) is 0 Å². The van der Waals surface area contributed by atoms with E-state index in [1.807, 2.05) is 54.6 Å². The van der Waals surface area contributed by atoms with Gasteiger partial charge in [-0.2, -0.15) is 0 Å². The average Bonchev–Trinajstić information content (AvgIpc) is 2.59. The van der Waals surface area contributed by atoms with Crippen molar-refractivity contribution in [3.05, 3.63) is 65.7 Å². The summed E-state index contributed by atoms with van der Waals surface area (Å²) in [4.78, 5) is 12.0. The molecule has 0 unspecified atom stereocenters. The highest BCUT2D eigenvalue weighted by molar-refractivity contribution is 5.76. The normalized spacial score (nSPS) is 13.2. The van der Waals surface area contributed by atoms with Crippen molar-refractivity contribution in [3.63, 3.8) is 0 Å². The van der Waals surface area contributed by atoms with Crippen molar-refractivity contribution < 1.29 is 14.6 Å². The lowest BCUT2D eigenvalue weighted by atomic mass is 9.96. The van der Waals surface area contributed by atoms with Crippen LogP contribution in [0.25, 0.3) is 0 Å². The number of aliphatic hydroxyl groups is 1. The third-order valence-electron chi connectivity index (χ3n) is 3.83. The number of carbonyl (C=O) groups is 1.